The van der Waals surface area contributed by atoms with Gasteiger partial charge in [-0.3, -0.25) is 4.79 Å². The highest BCUT2D eigenvalue weighted by Crippen LogP contribution is 2.28. The number of carbonyl (C=O) groups excluding carboxylic acids is 1. The van der Waals surface area contributed by atoms with Crippen molar-refractivity contribution in [2.24, 2.45) is 0 Å². The van der Waals surface area contributed by atoms with Gasteiger partial charge < -0.3 is 10.6 Å². The number of para-hydroxylation sites is 2. The number of thioether (sulfide) groups is 1. The first-order valence-electron chi connectivity index (χ1n) is 9.66. The van der Waals surface area contributed by atoms with Crippen molar-refractivity contribution >= 4 is 49.9 Å². The Labute approximate surface area is 179 Å². The largest absolute Gasteiger partial charge is 0.351 e. The van der Waals surface area contributed by atoms with Gasteiger partial charge in [-0.15, -0.1) is 0 Å². The summed E-state index contributed by atoms with van der Waals surface area (Å²) in [7, 11) is -3.04. The second-order valence-corrected chi connectivity index (χ2v) is 10.8. The molecule has 2 N–H and O–H groups in total. The summed E-state index contributed by atoms with van der Waals surface area (Å²) in [6, 6.07) is 17.1. The van der Waals surface area contributed by atoms with Gasteiger partial charge in [-0.2, -0.15) is 0 Å². The molecule has 0 unspecified atom stereocenters. The first kappa shape index (κ1) is 20.6. The monoisotopic (exact) mass is 442 g/mol. The molecular formula is C21H22N4O3S2. The van der Waals surface area contributed by atoms with Gasteiger partial charge in [0, 0.05) is 17.1 Å². The highest BCUT2D eigenvalue weighted by Gasteiger charge is 2.30. The Hall–Kier alpha value is -2.65. The summed E-state index contributed by atoms with van der Waals surface area (Å²) < 4.78 is 23.2. The summed E-state index contributed by atoms with van der Waals surface area (Å²) in [6.07, 6.45) is 0.461. The van der Waals surface area contributed by atoms with Crippen molar-refractivity contribution in [2.45, 2.75) is 29.8 Å². The molecule has 1 aliphatic rings. The van der Waals surface area contributed by atoms with E-state index in [4.69, 9.17) is 0 Å². The summed E-state index contributed by atoms with van der Waals surface area (Å²) in [5, 5.41) is 7.07. The normalized spacial score (nSPS) is 18.8. The van der Waals surface area contributed by atoms with Crippen LogP contribution in [0.4, 0.5) is 11.5 Å². The molecule has 2 heterocycles. The van der Waals surface area contributed by atoms with E-state index in [-0.39, 0.29) is 23.5 Å². The van der Waals surface area contributed by atoms with Crippen molar-refractivity contribution in [1.82, 2.24) is 15.3 Å². The molecule has 1 fully saturated rings. The summed E-state index contributed by atoms with van der Waals surface area (Å²) in [6.45, 7) is 1.77. The van der Waals surface area contributed by atoms with E-state index >= 15 is 0 Å². The van der Waals surface area contributed by atoms with Crippen LogP contribution in [0.2, 0.25) is 0 Å². The van der Waals surface area contributed by atoms with Crippen LogP contribution >= 0.6 is 11.8 Å². The fourth-order valence-electron chi connectivity index (χ4n) is 3.30. The van der Waals surface area contributed by atoms with Gasteiger partial charge in [0.2, 0.25) is 5.91 Å². The molecule has 0 saturated carbocycles. The summed E-state index contributed by atoms with van der Waals surface area (Å²) in [5.74, 6) is 0.593. The molecule has 2 atom stereocenters. The summed E-state index contributed by atoms with van der Waals surface area (Å²) in [4.78, 5) is 21.8. The van der Waals surface area contributed by atoms with Gasteiger partial charge in [0.1, 0.15) is 5.82 Å². The Morgan fingerprint density at radius 2 is 1.83 bits per heavy atom. The molecule has 1 saturated heterocycles. The van der Waals surface area contributed by atoms with Crippen LogP contribution in [0.25, 0.3) is 10.9 Å². The SMILES string of the molecule is C[C@@H](Sc1nc(Nc2ccccc2)c2ccccc2n1)C(=O)N[C@H]1CCS(=O)(=O)C1. The van der Waals surface area contributed by atoms with Gasteiger partial charge in [-0.05, 0) is 37.6 Å². The van der Waals surface area contributed by atoms with E-state index < -0.39 is 15.1 Å². The molecule has 2 aromatic carbocycles. The molecule has 1 aliphatic heterocycles. The number of carbonyl (C=O) groups is 1. The van der Waals surface area contributed by atoms with E-state index in [1.807, 2.05) is 54.6 Å². The molecule has 156 valence electrons. The second kappa shape index (κ2) is 8.61. The number of anilines is 2. The smallest absolute Gasteiger partial charge is 0.233 e. The number of nitrogens with one attached hydrogen (secondary N) is 2. The number of hydrogen-bond acceptors (Lipinski definition) is 7. The molecule has 9 heteroatoms. The third-order valence-corrected chi connectivity index (χ3v) is 7.58. The van der Waals surface area contributed by atoms with Crippen LogP contribution in [0, 0.1) is 0 Å². The Morgan fingerprint density at radius 3 is 2.57 bits per heavy atom. The highest BCUT2D eigenvalue weighted by molar-refractivity contribution is 8.00. The van der Waals surface area contributed by atoms with E-state index in [0.717, 1.165) is 16.6 Å². The zero-order valence-electron chi connectivity index (χ0n) is 16.4. The van der Waals surface area contributed by atoms with E-state index in [9.17, 15) is 13.2 Å². The predicted octanol–water partition coefficient (Wildman–Crippen LogP) is 3.16. The highest BCUT2D eigenvalue weighted by atomic mass is 32.2. The molecule has 3 aromatic rings. The number of benzene rings is 2. The van der Waals surface area contributed by atoms with Crippen LogP contribution in [0.15, 0.2) is 59.8 Å². The molecular weight excluding hydrogens is 420 g/mol. The standard InChI is InChI=1S/C21H22N4O3S2/c1-14(20(26)23-16-11-12-30(27,28)13-16)29-21-24-18-10-6-5-9-17(18)19(25-21)22-15-7-3-2-4-8-15/h2-10,14,16H,11-13H2,1H3,(H,23,26)(H,22,24,25)/t14-,16+/m1/s1. The van der Waals surface area contributed by atoms with Crippen molar-refractivity contribution < 1.29 is 13.2 Å². The summed E-state index contributed by atoms with van der Waals surface area (Å²) in [5.41, 5.74) is 1.69. The number of rotatable bonds is 6. The maximum absolute atomic E-state index is 12.6. The molecule has 0 radical (unpaired) electrons. The number of aromatic nitrogens is 2. The van der Waals surface area contributed by atoms with Crippen LogP contribution < -0.4 is 10.6 Å². The van der Waals surface area contributed by atoms with Crippen molar-refractivity contribution in [3.05, 3.63) is 54.6 Å². The van der Waals surface area contributed by atoms with Crippen molar-refractivity contribution in [3.63, 3.8) is 0 Å². The lowest BCUT2D eigenvalue weighted by Crippen LogP contribution is -2.40. The minimum atomic E-state index is -3.04. The lowest BCUT2D eigenvalue weighted by Gasteiger charge is -2.16. The van der Waals surface area contributed by atoms with Gasteiger partial charge in [0.05, 0.1) is 22.3 Å². The van der Waals surface area contributed by atoms with Crippen LogP contribution in [-0.2, 0) is 14.6 Å². The molecule has 0 bridgehead atoms. The van der Waals surface area contributed by atoms with E-state index in [0.29, 0.717) is 17.4 Å². The molecule has 7 nitrogen and oxygen atoms in total. The van der Waals surface area contributed by atoms with E-state index in [2.05, 4.69) is 20.6 Å². The lowest BCUT2D eigenvalue weighted by atomic mass is 10.2. The maximum atomic E-state index is 12.6. The van der Waals surface area contributed by atoms with E-state index in [1.54, 1.807) is 6.92 Å². The van der Waals surface area contributed by atoms with Crippen molar-refractivity contribution in [1.29, 1.82) is 0 Å². The third-order valence-electron chi connectivity index (χ3n) is 4.85. The Kier molecular flexibility index (Phi) is 5.92. The van der Waals surface area contributed by atoms with Gasteiger partial charge in [-0.1, -0.05) is 42.1 Å². The second-order valence-electron chi connectivity index (χ2n) is 7.23. The van der Waals surface area contributed by atoms with Crippen molar-refractivity contribution in [3.8, 4) is 0 Å². The minimum absolute atomic E-state index is 0.00768. The zero-order valence-corrected chi connectivity index (χ0v) is 18.0. The maximum Gasteiger partial charge on any atom is 0.233 e. The predicted molar refractivity (Wildman–Crippen MR) is 120 cm³/mol. The minimum Gasteiger partial charge on any atom is -0.351 e. The molecule has 1 amide bonds. The molecule has 1 aromatic heterocycles. The Balaban J connectivity index is 1.53. The Bertz CT molecular complexity index is 1170. The quantitative estimate of drug-likeness (QED) is 0.447. The zero-order chi connectivity index (χ0) is 21.1. The van der Waals surface area contributed by atoms with Gasteiger partial charge in [0.15, 0.2) is 15.0 Å². The van der Waals surface area contributed by atoms with Crippen LogP contribution in [0.5, 0.6) is 0 Å². The third kappa shape index (κ3) is 4.91. The number of fused-ring (bicyclic) bond motifs is 1. The first-order valence-corrected chi connectivity index (χ1v) is 12.4. The molecule has 0 spiro atoms. The van der Waals surface area contributed by atoms with Crippen molar-refractivity contribution in [2.75, 3.05) is 16.8 Å². The average molecular weight is 443 g/mol. The fourth-order valence-corrected chi connectivity index (χ4v) is 5.76. The van der Waals surface area contributed by atoms with Gasteiger partial charge >= 0.3 is 0 Å². The number of sulfone groups is 1. The molecule has 0 aliphatic carbocycles. The number of nitrogens with zero attached hydrogens (tertiary/aromatic N) is 2. The molecule has 30 heavy (non-hydrogen) atoms. The number of hydrogen-bond donors (Lipinski definition) is 2. The Morgan fingerprint density at radius 1 is 1.10 bits per heavy atom. The number of amides is 1. The fraction of sp³-hybridized carbons (Fsp3) is 0.286. The first-order chi connectivity index (χ1) is 14.4. The lowest BCUT2D eigenvalue weighted by molar-refractivity contribution is -0.120. The topological polar surface area (TPSA) is 101 Å². The van der Waals surface area contributed by atoms with Crippen LogP contribution in [0.3, 0.4) is 0 Å². The van der Waals surface area contributed by atoms with Crippen LogP contribution in [-0.4, -0.2) is 47.1 Å². The molecule has 4 rings (SSSR count). The average Bonchev–Trinajstić information content (AvgIpc) is 3.07. The van der Waals surface area contributed by atoms with Gasteiger partial charge in [-0.25, -0.2) is 18.4 Å². The van der Waals surface area contributed by atoms with E-state index in [1.165, 1.54) is 11.8 Å². The van der Waals surface area contributed by atoms with Crippen LogP contribution in [0.1, 0.15) is 13.3 Å². The summed E-state index contributed by atoms with van der Waals surface area (Å²) >= 11 is 1.25. The van der Waals surface area contributed by atoms with Gasteiger partial charge in [0.25, 0.3) is 0 Å².